The SMILES string of the molecule is NC(c1cscc1F)C(F)(F)F. The molecule has 1 aromatic rings. The topological polar surface area (TPSA) is 26.0 Å². The Hall–Kier alpha value is -0.620. The van der Waals surface area contributed by atoms with Crippen molar-refractivity contribution in [1.82, 2.24) is 0 Å². The van der Waals surface area contributed by atoms with Crippen molar-refractivity contribution in [3.63, 3.8) is 0 Å². The molecule has 0 amide bonds. The van der Waals surface area contributed by atoms with Crippen LogP contribution in [0.1, 0.15) is 11.6 Å². The van der Waals surface area contributed by atoms with Gasteiger partial charge < -0.3 is 5.73 Å². The van der Waals surface area contributed by atoms with Crippen LogP contribution in [-0.2, 0) is 0 Å². The van der Waals surface area contributed by atoms with Crippen molar-refractivity contribution in [2.24, 2.45) is 5.73 Å². The van der Waals surface area contributed by atoms with Gasteiger partial charge in [-0.05, 0) is 5.38 Å². The normalized spacial score (nSPS) is 14.8. The summed E-state index contributed by atoms with van der Waals surface area (Å²) < 4.78 is 48.3. The van der Waals surface area contributed by atoms with E-state index in [4.69, 9.17) is 5.73 Å². The van der Waals surface area contributed by atoms with E-state index in [0.717, 1.165) is 22.1 Å². The molecule has 6 heteroatoms. The van der Waals surface area contributed by atoms with E-state index in [0.29, 0.717) is 0 Å². The van der Waals surface area contributed by atoms with Crippen LogP contribution in [0.25, 0.3) is 0 Å². The Morgan fingerprint density at radius 1 is 1.33 bits per heavy atom. The molecule has 0 spiro atoms. The summed E-state index contributed by atoms with van der Waals surface area (Å²) in [5.74, 6) is -0.898. The molecular formula is C6H5F4NS. The molecule has 12 heavy (non-hydrogen) atoms. The van der Waals surface area contributed by atoms with Crippen LogP contribution in [0, 0.1) is 5.82 Å². The van der Waals surface area contributed by atoms with Gasteiger partial charge in [0.25, 0.3) is 0 Å². The third kappa shape index (κ3) is 1.75. The highest BCUT2D eigenvalue weighted by atomic mass is 32.1. The quantitative estimate of drug-likeness (QED) is 0.691. The fourth-order valence-corrected chi connectivity index (χ4v) is 1.42. The average Bonchev–Trinajstić information content (AvgIpc) is 2.31. The van der Waals surface area contributed by atoms with Gasteiger partial charge in [-0.3, -0.25) is 0 Å². The number of thiophene rings is 1. The zero-order valence-corrected chi connectivity index (χ0v) is 6.55. The minimum atomic E-state index is -4.58. The highest BCUT2D eigenvalue weighted by Gasteiger charge is 2.39. The molecule has 68 valence electrons. The smallest absolute Gasteiger partial charge is 0.316 e. The first-order chi connectivity index (χ1) is 5.43. The number of halogens is 4. The summed E-state index contributed by atoms with van der Waals surface area (Å²) in [4.78, 5) is 0. The molecule has 0 saturated heterocycles. The van der Waals surface area contributed by atoms with Crippen molar-refractivity contribution in [3.05, 3.63) is 22.1 Å². The summed E-state index contributed by atoms with van der Waals surface area (Å²) in [6.07, 6.45) is -4.58. The molecule has 1 nitrogen and oxygen atoms in total. The summed E-state index contributed by atoms with van der Waals surface area (Å²) in [7, 11) is 0. The Morgan fingerprint density at radius 2 is 1.92 bits per heavy atom. The van der Waals surface area contributed by atoms with Crippen molar-refractivity contribution < 1.29 is 17.6 Å². The Kier molecular flexibility index (Phi) is 2.39. The van der Waals surface area contributed by atoms with Gasteiger partial charge in [0.15, 0.2) is 0 Å². The Morgan fingerprint density at radius 3 is 2.25 bits per heavy atom. The molecule has 0 fully saturated rings. The molecular weight excluding hydrogens is 194 g/mol. The number of nitrogens with two attached hydrogens (primary N) is 1. The fraction of sp³-hybridized carbons (Fsp3) is 0.333. The number of hydrogen-bond acceptors (Lipinski definition) is 2. The summed E-state index contributed by atoms with van der Waals surface area (Å²) in [6, 6.07) is -2.22. The first-order valence-corrected chi connectivity index (χ1v) is 3.91. The van der Waals surface area contributed by atoms with Gasteiger partial charge in [0.2, 0.25) is 0 Å². The van der Waals surface area contributed by atoms with Gasteiger partial charge in [0.05, 0.1) is 0 Å². The van der Waals surface area contributed by atoms with Crippen LogP contribution in [0.3, 0.4) is 0 Å². The molecule has 0 aromatic carbocycles. The van der Waals surface area contributed by atoms with E-state index in [9.17, 15) is 17.6 Å². The van der Waals surface area contributed by atoms with Crippen LogP contribution in [0.15, 0.2) is 10.8 Å². The second-order valence-electron chi connectivity index (χ2n) is 2.19. The number of rotatable bonds is 1. The Bertz CT molecular complexity index is 267. The molecule has 0 aliphatic carbocycles. The lowest BCUT2D eigenvalue weighted by molar-refractivity contribution is -0.149. The fourth-order valence-electron chi connectivity index (χ4n) is 0.690. The molecule has 1 unspecified atom stereocenters. The summed E-state index contributed by atoms with van der Waals surface area (Å²) in [6.45, 7) is 0. The van der Waals surface area contributed by atoms with Gasteiger partial charge >= 0.3 is 6.18 Å². The zero-order valence-electron chi connectivity index (χ0n) is 5.73. The maximum absolute atomic E-state index is 12.6. The predicted octanol–water partition coefficient (Wildman–Crippen LogP) is 2.45. The molecule has 1 rings (SSSR count). The minimum Gasteiger partial charge on any atom is -0.316 e. The van der Waals surface area contributed by atoms with Crippen LogP contribution >= 0.6 is 11.3 Å². The van der Waals surface area contributed by atoms with Crippen LogP contribution in [0.2, 0.25) is 0 Å². The van der Waals surface area contributed by atoms with Gasteiger partial charge in [0, 0.05) is 10.9 Å². The van der Waals surface area contributed by atoms with Gasteiger partial charge in [-0.1, -0.05) is 0 Å². The van der Waals surface area contributed by atoms with Crippen molar-refractivity contribution >= 4 is 11.3 Å². The van der Waals surface area contributed by atoms with Gasteiger partial charge in [0.1, 0.15) is 11.9 Å². The van der Waals surface area contributed by atoms with Crippen LogP contribution in [0.5, 0.6) is 0 Å². The lowest BCUT2D eigenvalue weighted by Crippen LogP contribution is -2.28. The molecule has 0 aliphatic rings. The van der Waals surface area contributed by atoms with E-state index in [-0.39, 0.29) is 0 Å². The summed E-state index contributed by atoms with van der Waals surface area (Å²) in [5.41, 5.74) is 4.27. The maximum Gasteiger partial charge on any atom is 0.407 e. The Balaban J connectivity index is 2.92. The van der Waals surface area contributed by atoms with E-state index in [1.165, 1.54) is 0 Å². The molecule has 1 aromatic heterocycles. The zero-order chi connectivity index (χ0) is 9.35. The molecule has 1 heterocycles. The molecule has 0 bridgehead atoms. The molecule has 1 atom stereocenters. The average molecular weight is 199 g/mol. The Labute approximate surface area is 69.8 Å². The second-order valence-corrected chi connectivity index (χ2v) is 2.94. The van der Waals surface area contributed by atoms with E-state index in [2.05, 4.69) is 0 Å². The molecule has 0 saturated carbocycles. The van der Waals surface area contributed by atoms with Crippen molar-refractivity contribution in [1.29, 1.82) is 0 Å². The second kappa shape index (κ2) is 3.02. The number of hydrogen-bond donors (Lipinski definition) is 1. The molecule has 0 radical (unpaired) electrons. The highest BCUT2D eigenvalue weighted by molar-refractivity contribution is 7.08. The highest BCUT2D eigenvalue weighted by Crippen LogP contribution is 2.32. The van der Waals surface area contributed by atoms with Crippen LogP contribution in [-0.4, -0.2) is 6.18 Å². The first-order valence-electron chi connectivity index (χ1n) is 2.97. The molecule has 2 N–H and O–H groups in total. The van der Waals surface area contributed by atoms with Crippen molar-refractivity contribution in [2.75, 3.05) is 0 Å². The lowest BCUT2D eigenvalue weighted by Gasteiger charge is -2.13. The lowest BCUT2D eigenvalue weighted by atomic mass is 10.1. The first kappa shape index (κ1) is 9.47. The van der Waals surface area contributed by atoms with Gasteiger partial charge in [-0.2, -0.15) is 13.2 Å². The third-order valence-electron chi connectivity index (χ3n) is 1.33. The standard InChI is InChI=1S/C6H5F4NS/c7-4-2-12-1-3(4)5(11)6(8,9)10/h1-2,5H,11H2. The van der Waals surface area contributed by atoms with E-state index in [1.54, 1.807) is 0 Å². The van der Waals surface area contributed by atoms with Crippen molar-refractivity contribution in [2.45, 2.75) is 12.2 Å². The molecule has 0 aliphatic heterocycles. The van der Waals surface area contributed by atoms with E-state index in [1.807, 2.05) is 0 Å². The van der Waals surface area contributed by atoms with Crippen molar-refractivity contribution in [3.8, 4) is 0 Å². The maximum atomic E-state index is 12.6. The van der Waals surface area contributed by atoms with Crippen LogP contribution < -0.4 is 5.73 Å². The number of alkyl halides is 3. The minimum absolute atomic E-state index is 0.493. The third-order valence-corrected chi connectivity index (χ3v) is 2.06. The monoisotopic (exact) mass is 199 g/mol. The van der Waals surface area contributed by atoms with Gasteiger partial charge in [-0.25, -0.2) is 4.39 Å². The predicted molar refractivity (Wildman–Crippen MR) is 37.3 cm³/mol. The summed E-state index contributed by atoms with van der Waals surface area (Å²) >= 11 is 0.856. The van der Waals surface area contributed by atoms with E-state index < -0.39 is 23.6 Å². The van der Waals surface area contributed by atoms with Crippen LogP contribution in [0.4, 0.5) is 17.6 Å². The van der Waals surface area contributed by atoms with Gasteiger partial charge in [-0.15, -0.1) is 11.3 Å². The van der Waals surface area contributed by atoms with E-state index >= 15 is 0 Å². The summed E-state index contributed by atoms with van der Waals surface area (Å²) in [5, 5.41) is 2.05. The largest absolute Gasteiger partial charge is 0.407 e.